The second-order valence-electron chi connectivity index (χ2n) is 5.19. The van der Waals surface area contributed by atoms with Crippen LogP contribution in [0.5, 0.6) is 0 Å². The molecule has 0 aliphatic rings. The molecule has 0 aliphatic carbocycles. The molecule has 1 aromatic carbocycles. The number of carbonyl (C=O) groups is 4. The third-order valence-corrected chi connectivity index (χ3v) is 3.17. The Morgan fingerprint density at radius 2 is 2.04 bits per heavy atom. The van der Waals surface area contributed by atoms with Gasteiger partial charge in [-0.1, -0.05) is 11.8 Å². The molecule has 0 bridgehead atoms. The third kappa shape index (κ3) is 7.49. The number of rotatable bonds is 8. The minimum absolute atomic E-state index is 0.135. The molecule has 0 spiro atoms. The predicted molar refractivity (Wildman–Crippen MR) is 95.3 cm³/mol. The molecule has 3 N–H and O–H groups in total. The van der Waals surface area contributed by atoms with Crippen LogP contribution in [0.1, 0.15) is 35.7 Å². The molecule has 3 amide bonds. The molecule has 0 aliphatic heterocycles. The number of amides is 3. The van der Waals surface area contributed by atoms with Gasteiger partial charge in [0.05, 0.1) is 19.2 Å². The van der Waals surface area contributed by atoms with Crippen molar-refractivity contribution in [3.8, 4) is 11.8 Å². The number of hydrogen-bond acceptors (Lipinski definition) is 5. The summed E-state index contributed by atoms with van der Waals surface area (Å²) in [5.41, 5.74) is 1.12. The van der Waals surface area contributed by atoms with E-state index in [-0.39, 0.29) is 30.3 Å². The number of nitrogens with one attached hydrogen (secondary N) is 3. The van der Waals surface area contributed by atoms with Crippen LogP contribution in [0, 0.1) is 11.8 Å². The summed E-state index contributed by atoms with van der Waals surface area (Å²) < 4.78 is 4.72. The smallest absolute Gasteiger partial charge is 0.339 e. The Morgan fingerprint density at radius 1 is 1.27 bits per heavy atom. The molecule has 0 aromatic heterocycles. The van der Waals surface area contributed by atoms with Gasteiger partial charge in [-0.3, -0.25) is 14.4 Å². The zero-order valence-electron chi connectivity index (χ0n) is 14.7. The molecule has 0 fully saturated rings. The highest BCUT2D eigenvalue weighted by Crippen LogP contribution is 2.16. The molecule has 138 valence electrons. The predicted octanol–water partition coefficient (Wildman–Crippen LogP) is 0.425. The summed E-state index contributed by atoms with van der Waals surface area (Å²) in [6.45, 7) is 1.93. The van der Waals surface area contributed by atoms with Crippen LogP contribution in [0.25, 0.3) is 0 Å². The Kier molecular flexibility index (Phi) is 8.96. The normalized spacial score (nSPS) is 9.31. The molecule has 0 saturated heterocycles. The quantitative estimate of drug-likeness (QED) is 0.269. The lowest BCUT2D eigenvalue weighted by molar-refractivity contribution is -0.119. The van der Waals surface area contributed by atoms with E-state index in [9.17, 15) is 19.2 Å². The van der Waals surface area contributed by atoms with E-state index < -0.39 is 5.97 Å². The molecule has 26 heavy (non-hydrogen) atoms. The SMILES string of the molecule is COC(=O)c1ccc(NC(=O)CCCNC=O)cc1C#CCNC(C)=O. The number of hydrogen-bond donors (Lipinski definition) is 3. The van der Waals surface area contributed by atoms with Gasteiger partial charge in [-0.15, -0.1) is 0 Å². The van der Waals surface area contributed by atoms with E-state index in [1.807, 2.05) is 0 Å². The molecule has 8 heteroatoms. The zero-order chi connectivity index (χ0) is 19.4. The maximum absolute atomic E-state index is 11.9. The van der Waals surface area contributed by atoms with Crippen molar-refractivity contribution in [2.45, 2.75) is 19.8 Å². The highest BCUT2D eigenvalue weighted by Gasteiger charge is 2.12. The fourth-order valence-corrected chi connectivity index (χ4v) is 1.95. The lowest BCUT2D eigenvalue weighted by Gasteiger charge is -2.08. The highest BCUT2D eigenvalue weighted by molar-refractivity contribution is 5.95. The summed E-state index contributed by atoms with van der Waals surface area (Å²) in [7, 11) is 1.26. The highest BCUT2D eigenvalue weighted by atomic mass is 16.5. The maximum atomic E-state index is 11.9. The Balaban J connectivity index is 2.86. The van der Waals surface area contributed by atoms with Gasteiger partial charge in [0.2, 0.25) is 18.2 Å². The summed E-state index contributed by atoms with van der Waals surface area (Å²) in [4.78, 5) is 44.7. The second-order valence-corrected chi connectivity index (χ2v) is 5.19. The van der Waals surface area contributed by atoms with Crippen LogP contribution in [-0.4, -0.2) is 44.4 Å². The molecule has 1 rings (SSSR count). The number of esters is 1. The standard InChI is InChI=1S/C18H21N3O5/c1-13(23)20-10-3-5-14-11-15(7-8-16(14)18(25)26-2)21-17(24)6-4-9-19-12-22/h7-8,11-12H,4,6,9-10H2,1-2H3,(H,19,22)(H,20,23)(H,21,24). The Morgan fingerprint density at radius 3 is 2.69 bits per heavy atom. The summed E-state index contributed by atoms with van der Waals surface area (Å²) >= 11 is 0. The van der Waals surface area contributed by atoms with Gasteiger partial charge >= 0.3 is 5.97 Å². The van der Waals surface area contributed by atoms with Gasteiger partial charge in [-0.25, -0.2) is 4.79 Å². The van der Waals surface area contributed by atoms with Gasteiger partial charge in [0.15, 0.2) is 0 Å². The van der Waals surface area contributed by atoms with Crippen LogP contribution in [-0.2, 0) is 19.1 Å². The Bertz CT molecular complexity index is 734. The number of carbonyl (C=O) groups excluding carboxylic acids is 4. The summed E-state index contributed by atoms with van der Waals surface area (Å²) in [5.74, 6) is 4.55. The van der Waals surface area contributed by atoms with Gasteiger partial charge in [0.25, 0.3) is 0 Å². The van der Waals surface area contributed by atoms with Gasteiger partial charge in [-0.2, -0.15) is 0 Å². The third-order valence-electron chi connectivity index (χ3n) is 3.17. The van der Waals surface area contributed by atoms with Crippen molar-refractivity contribution < 1.29 is 23.9 Å². The maximum Gasteiger partial charge on any atom is 0.339 e. The van der Waals surface area contributed by atoms with Crippen molar-refractivity contribution in [2.75, 3.05) is 25.5 Å². The van der Waals surface area contributed by atoms with E-state index in [2.05, 4.69) is 27.8 Å². The largest absolute Gasteiger partial charge is 0.465 e. The topological polar surface area (TPSA) is 114 Å². The van der Waals surface area contributed by atoms with E-state index >= 15 is 0 Å². The van der Waals surface area contributed by atoms with E-state index in [1.165, 1.54) is 20.1 Å². The van der Waals surface area contributed by atoms with Crippen molar-refractivity contribution in [1.82, 2.24) is 10.6 Å². The average molecular weight is 359 g/mol. The zero-order valence-corrected chi connectivity index (χ0v) is 14.7. The molecular weight excluding hydrogens is 338 g/mol. The number of anilines is 1. The van der Waals surface area contributed by atoms with Crippen LogP contribution in [0.2, 0.25) is 0 Å². The van der Waals surface area contributed by atoms with Crippen LogP contribution < -0.4 is 16.0 Å². The first kappa shape index (κ1) is 20.7. The minimum atomic E-state index is -0.549. The average Bonchev–Trinajstić information content (AvgIpc) is 2.62. The lowest BCUT2D eigenvalue weighted by Crippen LogP contribution is -2.19. The van der Waals surface area contributed by atoms with E-state index in [4.69, 9.17) is 4.74 Å². The van der Waals surface area contributed by atoms with Crippen LogP contribution in [0.4, 0.5) is 5.69 Å². The van der Waals surface area contributed by atoms with Gasteiger partial charge in [0.1, 0.15) is 0 Å². The number of benzene rings is 1. The Hall–Kier alpha value is -3.34. The second kappa shape index (κ2) is 11.3. The van der Waals surface area contributed by atoms with Crippen molar-refractivity contribution in [2.24, 2.45) is 0 Å². The van der Waals surface area contributed by atoms with Crippen molar-refractivity contribution in [1.29, 1.82) is 0 Å². The van der Waals surface area contributed by atoms with Gasteiger partial charge < -0.3 is 20.7 Å². The van der Waals surface area contributed by atoms with Crippen LogP contribution in [0.15, 0.2) is 18.2 Å². The number of ether oxygens (including phenoxy) is 1. The molecule has 8 nitrogen and oxygen atoms in total. The van der Waals surface area contributed by atoms with Crippen molar-refractivity contribution in [3.63, 3.8) is 0 Å². The Labute approximate surface area is 151 Å². The van der Waals surface area contributed by atoms with E-state index in [0.717, 1.165) is 0 Å². The minimum Gasteiger partial charge on any atom is -0.465 e. The molecule has 1 aromatic rings. The monoisotopic (exact) mass is 359 g/mol. The summed E-state index contributed by atoms with van der Waals surface area (Å²) in [6, 6.07) is 4.65. The van der Waals surface area contributed by atoms with E-state index in [1.54, 1.807) is 12.1 Å². The fraction of sp³-hybridized carbons (Fsp3) is 0.333. The van der Waals surface area contributed by atoms with Crippen molar-refractivity contribution >= 4 is 29.9 Å². The van der Waals surface area contributed by atoms with Crippen LogP contribution in [0.3, 0.4) is 0 Å². The molecule has 0 saturated carbocycles. The van der Waals surface area contributed by atoms with Crippen LogP contribution >= 0.6 is 0 Å². The molecule has 0 heterocycles. The first-order valence-electron chi connectivity index (χ1n) is 7.90. The molecular formula is C18H21N3O5. The lowest BCUT2D eigenvalue weighted by atomic mass is 10.1. The van der Waals surface area contributed by atoms with E-state index in [0.29, 0.717) is 30.6 Å². The van der Waals surface area contributed by atoms with Gasteiger partial charge in [-0.05, 0) is 24.6 Å². The molecule has 0 radical (unpaired) electrons. The summed E-state index contributed by atoms with van der Waals surface area (Å²) in [5, 5.41) is 7.72. The number of methoxy groups -OCH3 is 1. The first-order chi connectivity index (χ1) is 12.5. The molecule has 0 atom stereocenters. The first-order valence-corrected chi connectivity index (χ1v) is 7.90. The summed E-state index contributed by atoms with van der Waals surface area (Å²) in [6.07, 6.45) is 1.33. The van der Waals surface area contributed by atoms with Gasteiger partial charge in [0, 0.05) is 31.1 Å². The molecule has 0 unspecified atom stereocenters. The van der Waals surface area contributed by atoms with Crippen molar-refractivity contribution in [3.05, 3.63) is 29.3 Å². The fourth-order valence-electron chi connectivity index (χ4n) is 1.95.